The van der Waals surface area contributed by atoms with E-state index >= 15 is 0 Å². The first-order chi connectivity index (χ1) is 12.4. The van der Waals surface area contributed by atoms with Gasteiger partial charge in [-0.1, -0.05) is 0 Å². The third kappa shape index (κ3) is 3.63. The summed E-state index contributed by atoms with van der Waals surface area (Å²) in [6, 6.07) is 1.92. The molecule has 0 spiro atoms. The number of nitrogens with zero attached hydrogens (tertiary/aromatic N) is 5. The molecular weight excluding hydrogens is 332 g/mol. The fourth-order valence-corrected chi connectivity index (χ4v) is 3.22. The summed E-state index contributed by atoms with van der Waals surface area (Å²) in [5.74, 6) is -0.137. The lowest BCUT2D eigenvalue weighted by Crippen LogP contribution is -2.54. The molecule has 0 saturated carbocycles. The van der Waals surface area contributed by atoms with Crippen LogP contribution in [0.1, 0.15) is 30.4 Å². The van der Waals surface area contributed by atoms with E-state index < -0.39 is 0 Å². The minimum atomic E-state index is -0.158. The van der Waals surface area contributed by atoms with Crippen molar-refractivity contribution in [2.24, 2.45) is 5.92 Å². The van der Waals surface area contributed by atoms with Crippen molar-refractivity contribution in [2.45, 2.75) is 47.2 Å². The van der Waals surface area contributed by atoms with E-state index in [2.05, 4.69) is 15.5 Å². The van der Waals surface area contributed by atoms with E-state index in [0.717, 1.165) is 29.3 Å². The molecule has 0 atom stereocenters. The van der Waals surface area contributed by atoms with Gasteiger partial charge in [0.25, 0.3) is 0 Å². The van der Waals surface area contributed by atoms with Crippen molar-refractivity contribution in [1.29, 1.82) is 0 Å². The molecule has 1 aliphatic heterocycles. The molecular formula is C18H26N6O2. The Hall–Kier alpha value is -2.64. The molecule has 3 rings (SSSR count). The highest BCUT2D eigenvalue weighted by Crippen LogP contribution is 2.23. The molecule has 2 amide bonds. The lowest BCUT2D eigenvalue weighted by molar-refractivity contribution is -0.141. The Morgan fingerprint density at radius 2 is 1.96 bits per heavy atom. The highest BCUT2D eigenvalue weighted by Gasteiger charge is 2.35. The first kappa shape index (κ1) is 18.2. The topological polar surface area (TPSA) is 85.0 Å². The quantitative estimate of drug-likeness (QED) is 0.848. The van der Waals surface area contributed by atoms with Gasteiger partial charge in [0, 0.05) is 38.8 Å². The Bertz CT molecular complexity index is 816. The van der Waals surface area contributed by atoms with E-state index in [4.69, 9.17) is 0 Å². The zero-order valence-corrected chi connectivity index (χ0v) is 15.8. The maximum Gasteiger partial charge on any atom is 0.231 e. The maximum absolute atomic E-state index is 12.4. The van der Waals surface area contributed by atoms with Crippen molar-refractivity contribution >= 4 is 17.5 Å². The van der Waals surface area contributed by atoms with Crippen molar-refractivity contribution in [3.8, 4) is 0 Å². The summed E-state index contributed by atoms with van der Waals surface area (Å²) in [6.45, 7) is 10.1. The van der Waals surface area contributed by atoms with Crippen LogP contribution in [-0.2, 0) is 22.7 Å². The zero-order chi connectivity index (χ0) is 18.8. The average Bonchev–Trinajstić information content (AvgIpc) is 3.09. The Kier molecular flexibility index (Phi) is 5.11. The monoisotopic (exact) mass is 358 g/mol. The second-order valence-corrected chi connectivity index (χ2v) is 6.82. The van der Waals surface area contributed by atoms with Crippen molar-refractivity contribution in [3.05, 3.63) is 29.3 Å². The molecule has 8 heteroatoms. The van der Waals surface area contributed by atoms with Crippen molar-refractivity contribution in [1.82, 2.24) is 24.5 Å². The summed E-state index contributed by atoms with van der Waals surface area (Å²) in [7, 11) is 0. The predicted octanol–water partition coefficient (Wildman–Crippen LogP) is 1.51. The molecule has 0 unspecified atom stereocenters. The molecule has 0 aromatic carbocycles. The van der Waals surface area contributed by atoms with Crippen LogP contribution in [0.3, 0.4) is 0 Å². The molecule has 0 bridgehead atoms. The standard InChI is InChI=1S/C18H26N6O2/c1-5-24-14(4)17(13(3)21-24)19-18(26)15-10-22(11-15)16(25)7-9-23-8-6-12(2)20-23/h6,8,15H,5,7,9-11H2,1-4H3,(H,19,26). The first-order valence-electron chi connectivity index (χ1n) is 9.01. The third-order valence-electron chi connectivity index (χ3n) is 4.86. The van der Waals surface area contributed by atoms with Crippen LogP contribution in [-0.4, -0.2) is 49.4 Å². The fourth-order valence-electron chi connectivity index (χ4n) is 3.22. The number of carbonyl (C=O) groups is 2. The summed E-state index contributed by atoms with van der Waals surface area (Å²) >= 11 is 0. The van der Waals surface area contributed by atoms with Crippen LogP contribution in [0.25, 0.3) is 0 Å². The first-order valence-corrected chi connectivity index (χ1v) is 9.01. The lowest BCUT2D eigenvalue weighted by Gasteiger charge is -2.38. The fraction of sp³-hybridized carbons (Fsp3) is 0.556. The van der Waals surface area contributed by atoms with Crippen molar-refractivity contribution in [3.63, 3.8) is 0 Å². The van der Waals surface area contributed by atoms with E-state index in [1.807, 2.05) is 44.6 Å². The van der Waals surface area contributed by atoms with Crippen LogP contribution < -0.4 is 5.32 Å². The van der Waals surface area contributed by atoms with Gasteiger partial charge in [-0.15, -0.1) is 0 Å². The van der Waals surface area contributed by atoms with Gasteiger partial charge in [-0.3, -0.25) is 19.0 Å². The van der Waals surface area contributed by atoms with Gasteiger partial charge < -0.3 is 10.2 Å². The number of hydrogen-bond acceptors (Lipinski definition) is 4. The average molecular weight is 358 g/mol. The van der Waals surface area contributed by atoms with Gasteiger partial charge >= 0.3 is 0 Å². The molecule has 3 heterocycles. The van der Waals surface area contributed by atoms with Crippen molar-refractivity contribution < 1.29 is 9.59 Å². The van der Waals surface area contributed by atoms with Gasteiger partial charge in [0.15, 0.2) is 0 Å². The minimum Gasteiger partial charge on any atom is -0.341 e. The van der Waals surface area contributed by atoms with Crippen LogP contribution in [0.5, 0.6) is 0 Å². The molecule has 2 aromatic heterocycles. The number of likely N-dealkylation sites (tertiary alicyclic amines) is 1. The van der Waals surface area contributed by atoms with Gasteiger partial charge in [-0.25, -0.2) is 0 Å². The highest BCUT2D eigenvalue weighted by atomic mass is 16.2. The molecule has 1 saturated heterocycles. The minimum absolute atomic E-state index is 0.0430. The van der Waals surface area contributed by atoms with Crippen LogP contribution in [0.2, 0.25) is 0 Å². The molecule has 0 aliphatic carbocycles. The maximum atomic E-state index is 12.4. The molecule has 1 fully saturated rings. The van der Waals surface area contributed by atoms with Gasteiger partial charge in [-0.05, 0) is 33.8 Å². The van der Waals surface area contributed by atoms with Crippen LogP contribution in [0.4, 0.5) is 5.69 Å². The number of anilines is 1. The molecule has 26 heavy (non-hydrogen) atoms. The number of aromatic nitrogens is 4. The Morgan fingerprint density at radius 3 is 2.54 bits per heavy atom. The van der Waals surface area contributed by atoms with E-state index in [1.165, 1.54) is 0 Å². The number of hydrogen-bond donors (Lipinski definition) is 1. The van der Waals surface area contributed by atoms with E-state index in [9.17, 15) is 9.59 Å². The van der Waals surface area contributed by atoms with Gasteiger partial charge in [0.1, 0.15) is 0 Å². The lowest BCUT2D eigenvalue weighted by atomic mass is 9.98. The summed E-state index contributed by atoms with van der Waals surface area (Å²) in [4.78, 5) is 26.4. The summed E-state index contributed by atoms with van der Waals surface area (Å²) in [5, 5.41) is 11.7. The van der Waals surface area contributed by atoms with Gasteiger partial charge in [-0.2, -0.15) is 10.2 Å². The summed E-state index contributed by atoms with van der Waals surface area (Å²) in [6.07, 6.45) is 2.27. The molecule has 8 nitrogen and oxygen atoms in total. The number of nitrogens with one attached hydrogen (secondary N) is 1. The predicted molar refractivity (Wildman–Crippen MR) is 97.7 cm³/mol. The zero-order valence-electron chi connectivity index (χ0n) is 15.8. The van der Waals surface area contributed by atoms with Crippen LogP contribution >= 0.6 is 0 Å². The molecule has 2 aromatic rings. The van der Waals surface area contributed by atoms with Gasteiger partial charge in [0.05, 0.1) is 28.7 Å². The number of carbonyl (C=O) groups excluding carboxylic acids is 2. The number of aryl methyl sites for hydroxylation is 4. The Morgan fingerprint density at radius 1 is 1.23 bits per heavy atom. The number of amides is 2. The third-order valence-corrected chi connectivity index (χ3v) is 4.86. The van der Waals surface area contributed by atoms with E-state index in [-0.39, 0.29) is 17.7 Å². The molecule has 1 N–H and O–H groups in total. The second-order valence-electron chi connectivity index (χ2n) is 6.82. The Labute approximate surface area is 153 Å². The largest absolute Gasteiger partial charge is 0.341 e. The normalized spacial score (nSPS) is 14.4. The summed E-state index contributed by atoms with van der Waals surface area (Å²) < 4.78 is 3.65. The second kappa shape index (κ2) is 7.31. The van der Waals surface area contributed by atoms with E-state index in [1.54, 1.807) is 9.58 Å². The smallest absolute Gasteiger partial charge is 0.231 e. The van der Waals surface area contributed by atoms with Crippen LogP contribution in [0, 0.1) is 26.7 Å². The molecule has 140 valence electrons. The van der Waals surface area contributed by atoms with E-state index in [0.29, 0.717) is 26.1 Å². The Balaban J connectivity index is 1.47. The number of rotatable bonds is 6. The highest BCUT2D eigenvalue weighted by molar-refractivity contribution is 5.95. The summed E-state index contributed by atoms with van der Waals surface area (Å²) in [5.41, 5.74) is 3.50. The van der Waals surface area contributed by atoms with Crippen molar-refractivity contribution in [2.75, 3.05) is 18.4 Å². The van der Waals surface area contributed by atoms with Crippen LogP contribution in [0.15, 0.2) is 12.3 Å². The molecule has 1 aliphatic rings. The SMILES string of the molecule is CCn1nc(C)c(NC(=O)C2CN(C(=O)CCn3ccc(C)n3)C2)c1C. The van der Waals surface area contributed by atoms with Gasteiger partial charge in [0.2, 0.25) is 11.8 Å². The molecule has 0 radical (unpaired) electrons.